The number of fused-ring (bicyclic) bond motifs is 1. The van der Waals surface area contributed by atoms with Crippen molar-refractivity contribution in [3.63, 3.8) is 0 Å². The average Bonchev–Trinajstić information content (AvgIpc) is 2.67. The van der Waals surface area contributed by atoms with Crippen LogP contribution >= 0.6 is 11.8 Å². The van der Waals surface area contributed by atoms with Gasteiger partial charge in [0.25, 0.3) is 0 Å². The predicted octanol–water partition coefficient (Wildman–Crippen LogP) is 4.70. The lowest BCUT2D eigenvalue weighted by Gasteiger charge is -2.15. The summed E-state index contributed by atoms with van der Waals surface area (Å²) >= 11 is 1.31. The zero-order valence-corrected chi connectivity index (χ0v) is 16.9. The molecule has 144 valence electrons. The third-order valence-corrected chi connectivity index (χ3v) is 5.35. The number of anilines is 1. The van der Waals surface area contributed by atoms with Crippen LogP contribution in [0.2, 0.25) is 0 Å². The van der Waals surface area contributed by atoms with Crippen molar-refractivity contribution in [3.05, 3.63) is 77.9 Å². The third-order valence-electron chi connectivity index (χ3n) is 4.42. The minimum absolute atomic E-state index is 0.0750. The van der Waals surface area contributed by atoms with Gasteiger partial charge in [-0.1, -0.05) is 48.5 Å². The molecule has 0 aliphatic heterocycles. The van der Waals surface area contributed by atoms with Crippen molar-refractivity contribution in [1.29, 1.82) is 0 Å². The fourth-order valence-corrected chi connectivity index (χ4v) is 3.63. The van der Waals surface area contributed by atoms with Crippen LogP contribution in [-0.4, -0.2) is 23.3 Å². The second-order valence-corrected chi connectivity index (χ2v) is 7.79. The Kier molecular flexibility index (Phi) is 6.71. The molecule has 1 atom stereocenters. The highest BCUT2D eigenvalue weighted by Crippen LogP contribution is 2.20. The van der Waals surface area contributed by atoms with Crippen LogP contribution in [0, 0.1) is 6.92 Å². The Hall–Kier alpha value is -2.79. The van der Waals surface area contributed by atoms with Gasteiger partial charge in [0, 0.05) is 5.69 Å². The molecule has 0 heterocycles. The van der Waals surface area contributed by atoms with Gasteiger partial charge in [0.1, 0.15) is 0 Å². The smallest absolute Gasteiger partial charge is 0.234 e. The number of carbonyl (C=O) groups is 2. The third kappa shape index (κ3) is 5.60. The maximum atomic E-state index is 12.2. The molecular formula is C23H24N2O2S. The maximum absolute atomic E-state index is 12.2. The number of nitrogens with one attached hydrogen (secondary N) is 2. The summed E-state index contributed by atoms with van der Waals surface area (Å²) in [4.78, 5) is 24.2. The fourth-order valence-electron chi connectivity index (χ4n) is 3.00. The van der Waals surface area contributed by atoms with E-state index < -0.39 is 0 Å². The molecule has 0 fully saturated rings. The lowest BCUT2D eigenvalue weighted by Crippen LogP contribution is -2.28. The lowest BCUT2D eigenvalue weighted by molar-refractivity contribution is -0.119. The number of hydrogen-bond acceptors (Lipinski definition) is 3. The minimum atomic E-state index is -0.106. The van der Waals surface area contributed by atoms with Crippen LogP contribution in [0.5, 0.6) is 0 Å². The van der Waals surface area contributed by atoms with E-state index in [2.05, 4.69) is 34.9 Å². The summed E-state index contributed by atoms with van der Waals surface area (Å²) < 4.78 is 0. The highest BCUT2D eigenvalue weighted by Gasteiger charge is 2.11. The van der Waals surface area contributed by atoms with Crippen LogP contribution in [0.4, 0.5) is 5.69 Å². The van der Waals surface area contributed by atoms with Crippen molar-refractivity contribution < 1.29 is 9.59 Å². The van der Waals surface area contributed by atoms with Gasteiger partial charge in [-0.15, -0.1) is 11.8 Å². The highest BCUT2D eigenvalue weighted by molar-refractivity contribution is 8.00. The molecule has 4 nitrogen and oxygen atoms in total. The molecule has 1 unspecified atom stereocenters. The van der Waals surface area contributed by atoms with Crippen molar-refractivity contribution in [2.45, 2.75) is 19.9 Å². The molecule has 0 radical (unpaired) electrons. The topological polar surface area (TPSA) is 58.2 Å². The lowest BCUT2D eigenvalue weighted by atomic mass is 10.0. The number of amides is 2. The second-order valence-electron chi connectivity index (χ2n) is 6.81. The number of aryl methyl sites for hydroxylation is 1. The van der Waals surface area contributed by atoms with Gasteiger partial charge in [-0.3, -0.25) is 9.59 Å². The minimum Gasteiger partial charge on any atom is -0.349 e. The van der Waals surface area contributed by atoms with Crippen molar-refractivity contribution in [2.75, 3.05) is 16.8 Å². The summed E-state index contributed by atoms with van der Waals surface area (Å²) in [6, 6.07) is 21.9. The molecule has 2 N–H and O–H groups in total. The molecule has 0 saturated carbocycles. The monoisotopic (exact) mass is 392 g/mol. The normalized spacial score (nSPS) is 11.8. The summed E-state index contributed by atoms with van der Waals surface area (Å²) in [7, 11) is 0. The standard InChI is InChI=1S/C23H24N2O2S/c1-16-6-5-9-21(12-16)25-23(27)15-28-14-22(26)24-17(2)19-11-10-18-7-3-4-8-20(18)13-19/h3-13,17H,14-15H2,1-2H3,(H,24,26)(H,25,27). The van der Waals surface area contributed by atoms with Gasteiger partial charge < -0.3 is 10.6 Å². The molecule has 3 aromatic rings. The van der Waals surface area contributed by atoms with E-state index in [0.717, 1.165) is 22.2 Å². The Balaban J connectivity index is 1.45. The maximum Gasteiger partial charge on any atom is 0.234 e. The molecule has 0 spiro atoms. The van der Waals surface area contributed by atoms with Gasteiger partial charge in [0.15, 0.2) is 0 Å². The largest absolute Gasteiger partial charge is 0.349 e. The number of hydrogen-bond donors (Lipinski definition) is 2. The Morgan fingerprint density at radius 1 is 0.893 bits per heavy atom. The molecule has 0 aromatic heterocycles. The van der Waals surface area contributed by atoms with Gasteiger partial charge in [0.2, 0.25) is 11.8 Å². The molecule has 0 aliphatic carbocycles. The van der Waals surface area contributed by atoms with E-state index in [1.54, 1.807) is 0 Å². The number of carbonyl (C=O) groups excluding carboxylic acids is 2. The molecule has 5 heteroatoms. The number of benzene rings is 3. The van der Waals surface area contributed by atoms with Crippen LogP contribution in [-0.2, 0) is 9.59 Å². The molecule has 0 bridgehead atoms. The molecular weight excluding hydrogens is 368 g/mol. The van der Waals surface area contributed by atoms with Crippen LogP contribution in [0.25, 0.3) is 10.8 Å². The van der Waals surface area contributed by atoms with E-state index in [-0.39, 0.29) is 29.4 Å². The summed E-state index contributed by atoms with van der Waals surface area (Å²) in [6.45, 7) is 3.95. The first-order valence-electron chi connectivity index (χ1n) is 9.23. The number of rotatable bonds is 7. The van der Waals surface area contributed by atoms with Gasteiger partial charge >= 0.3 is 0 Å². The van der Waals surface area contributed by atoms with Crippen LogP contribution in [0.15, 0.2) is 66.7 Å². The SMILES string of the molecule is Cc1cccc(NC(=O)CSCC(=O)NC(C)c2ccc3ccccc3c2)c1. The quantitative estimate of drug-likeness (QED) is 0.613. The Bertz CT molecular complexity index is 987. The van der Waals surface area contributed by atoms with E-state index in [1.165, 1.54) is 17.1 Å². The van der Waals surface area contributed by atoms with Gasteiger partial charge in [-0.25, -0.2) is 0 Å². The second kappa shape index (κ2) is 9.42. The van der Waals surface area contributed by atoms with E-state index in [4.69, 9.17) is 0 Å². The summed E-state index contributed by atoms with van der Waals surface area (Å²) in [5, 5.41) is 8.19. The average molecular weight is 393 g/mol. The molecule has 3 aromatic carbocycles. The van der Waals surface area contributed by atoms with Crippen molar-refractivity contribution >= 4 is 40.0 Å². The first kappa shape index (κ1) is 20.0. The van der Waals surface area contributed by atoms with Crippen LogP contribution in [0.1, 0.15) is 24.1 Å². The first-order valence-corrected chi connectivity index (χ1v) is 10.4. The molecule has 2 amide bonds. The first-order chi connectivity index (χ1) is 13.5. The van der Waals surface area contributed by atoms with Gasteiger partial charge in [-0.2, -0.15) is 0 Å². The predicted molar refractivity (Wildman–Crippen MR) is 118 cm³/mol. The van der Waals surface area contributed by atoms with Gasteiger partial charge in [0.05, 0.1) is 17.5 Å². The molecule has 0 saturated heterocycles. The van der Waals surface area contributed by atoms with Crippen molar-refractivity contribution in [1.82, 2.24) is 5.32 Å². The van der Waals surface area contributed by atoms with E-state index in [9.17, 15) is 9.59 Å². The zero-order chi connectivity index (χ0) is 19.9. The van der Waals surface area contributed by atoms with E-state index in [0.29, 0.717) is 0 Å². The van der Waals surface area contributed by atoms with E-state index >= 15 is 0 Å². The van der Waals surface area contributed by atoms with Crippen molar-refractivity contribution in [3.8, 4) is 0 Å². The summed E-state index contributed by atoms with van der Waals surface area (Å²) in [6.07, 6.45) is 0. The Morgan fingerprint density at radius 2 is 1.64 bits per heavy atom. The molecule has 28 heavy (non-hydrogen) atoms. The summed E-state index contributed by atoms with van der Waals surface area (Å²) in [5.74, 6) is 0.310. The zero-order valence-electron chi connectivity index (χ0n) is 16.1. The Labute approximate surface area is 169 Å². The molecule has 3 rings (SSSR count). The van der Waals surface area contributed by atoms with Crippen LogP contribution in [0.3, 0.4) is 0 Å². The number of thioether (sulfide) groups is 1. The highest BCUT2D eigenvalue weighted by atomic mass is 32.2. The van der Waals surface area contributed by atoms with Crippen molar-refractivity contribution in [2.24, 2.45) is 0 Å². The summed E-state index contributed by atoms with van der Waals surface area (Å²) in [5.41, 5.74) is 2.93. The fraction of sp³-hybridized carbons (Fsp3) is 0.217. The van der Waals surface area contributed by atoms with E-state index in [1.807, 2.05) is 56.3 Å². The Morgan fingerprint density at radius 3 is 2.43 bits per heavy atom. The molecule has 0 aliphatic rings. The van der Waals surface area contributed by atoms with Crippen LogP contribution < -0.4 is 10.6 Å². The van der Waals surface area contributed by atoms with Gasteiger partial charge in [-0.05, 0) is 53.9 Å².